The second-order valence-corrected chi connectivity index (χ2v) is 6.96. The van der Waals surface area contributed by atoms with E-state index in [0.29, 0.717) is 5.70 Å². The van der Waals surface area contributed by atoms with E-state index >= 15 is 0 Å². The number of urea groups is 1. The summed E-state index contributed by atoms with van der Waals surface area (Å²) in [6.07, 6.45) is -4.52. The molecule has 1 heterocycles. The quantitative estimate of drug-likeness (QED) is 0.702. The Morgan fingerprint density at radius 1 is 1.07 bits per heavy atom. The van der Waals surface area contributed by atoms with Gasteiger partial charge in [-0.15, -0.1) is 0 Å². The van der Waals surface area contributed by atoms with Crippen LogP contribution in [0.4, 0.5) is 23.7 Å². The molecule has 0 radical (unpaired) electrons. The average Bonchev–Trinajstić information content (AvgIpc) is 2.60. The van der Waals surface area contributed by atoms with Crippen LogP contribution in [0.15, 0.2) is 53.7 Å². The van der Waals surface area contributed by atoms with Crippen LogP contribution in [0.2, 0.25) is 0 Å². The molecule has 0 aromatic heterocycles. The van der Waals surface area contributed by atoms with Gasteiger partial charge in [-0.1, -0.05) is 29.8 Å². The Balaban J connectivity index is 1.96. The zero-order valence-corrected chi connectivity index (χ0v) is 16.1. The summed E-state index contributed by atoms with van der Waals surface area (Å²) in [5.41, 5.74) is 2.37. The van der Waals surface area contributed by atoms with Gasteiger partial charge in [-0.05, 0) is 50.1 Å². The fourth-order valence-electron chi connectivity index (χ4n) is 3.35. The van der Waals surface area contributed by atoms with Crippen LogP contribution < -0.4 is 16.0 Å². The first kappa shape index (κ1) is 20.4. The van der Waals surface area contributed by atoms with Crippen molar-refractivity contribution in [1.82, 2.24) is 10.6 Å². The highest BCUT2D eigenvalue weighted by molar-refractivity contribution is 6.06. The molecule has 0 fully saturated rings. The van der Waals surface area contributed by atoms with Crippen molar-refractivity contribution in [3.05, 3.63) is 76.0 Å². The Labute approximate surface area is 166 Å². The minimum Gasteiger partial charge on any atom is -0.327 e. The van der Waals surface area contributed by atoms with Gasteiger partial charge in [0.2, 0.25) is 0 Å². The predicted octanol–water partition coefficient (Wildman–Crippen LogP) is 4.59. The van der Waals surface area contributed by atoms with Gasteiger partial charge in [-0.2, -0.15) is 13.2 Å². The smallest absolute Gasteiger partial charge is 0.327 e. The zero-order valence-electron chi connectivity index (χ0n) is 16.1. The van der Waals surface area contributed by atoms with Crippen molar-refractivity contribution in [2.45, 2.75) is 33.0 Å². The summed E-state index contributed by atoms with van der Waals surface area (Å²) in [6.45, 7) is 5.38. The fraction of sp³-hybridized carbons (Fsp3) is 0.238. The molecular weight excluding hydrogens is 383 g/mol. The van der Waals surface area contributed by atoms with Gasteiger partial charge in [-0.3, -0.25) is 4.79 Å². The van der Waals surface area contributed by atoms with Crippen molar-refractivity contribution in [3.8, 4) is 0 Å². The number of halogens is 3. The number of benzene rings is 2. The topological polar surface area (TPSA) is 70.2 Å². The molecule has 3 rings (SSSR count). The number of allylic oxidation sites excluding steroid dienone is 1. The van der Waals surface area contributed by atoms with E-state index in [9.17, 15) is 22.8 Å². The molecule has 5 nitrogen and oxygen atoms in total. The summed E-state index contributed by atoms with van der Waals surface area (Å²) in [4.78, 5) is 25.0. The second kappa shape index (κ2) is 7.62. The number of nitrogens with one attached hydrogen (secondary N) is 3. The van der Waals surface area contributed by atoms with Crippen molar-refractivity contribution < 1.29 is 22.8 Å². The van der Waals surface area contributed by atoms with E-state index in [1.165, 1.54) is 12.1 Å². The monoisotopic (exact) mass is 403 g/mol. The van der Waals surface area contributed by atoms with Crippen molar-refractivity contribution in [3.63, 3.8) is 0 Å². The van der Waals surface area contributed by atoms with Gasteiger partial charge in [0.15, 0.2) is 0 Å². The van der Waals surface area contributed by atoms with Gasteiger partial charge in [0, 0.05) is 11.4 Å². The largest absolute Gasteiger partial charge is 0.416 e. The molecule has 0 saturated carbocycles. The van der Waals surface area contributed by atoms with Gasteiger partial charge in [0.25, 0.3) is 5.91 Å². The predicted molar refractivity (Wildman–Crippen MR) is 103 cm³/mol. The Bertz CT molecular complexity index is 1010. The molecule has 1 aliphatic rings. The van der Waals surface area contributed by atoms with E-state index in [-0.39, 0.29) is 11.3 Å². The van der Waals surface area contributed by atoms with E-state index in [1.807, 2.05) is 32.0 Å². The number of aryl methyl sites for hydroxylation is 2. The van der Waals surface area contributed by atoms with Gasteiger partial charge < -0.3 is 16.0 Å². The molecule has 8 heteroatoms. The SMILES string of the molecule is CC1=C(C(=O)Nc2cccc(C(F)(F)F)c2)[C@@H](c2ccc(C)cc2C)NC(=O)N1. The number of amides is 3. The highest BCUT2D eigenvalue weighted by Gasteiger charge is 2.33. The first-order chi connectivity index (χ1) is 13.6. The molecule has 1 aliphatic heterocycles. The summed E-state index contributed by atoms with van der Waals surface area (Å²) >= 11 is 0. The molecule has 2 aromatic carbocycles. The minimum atomic E-state index is -4.52. The third-order valence-electron chi connectivity index (χ3n) is 4.70. The van der Waals surface area contributed by atoms with Gasteiger partial charge in [0.1, 0.15) is 0 Å². The number of rotatable bonds is 3. The number of hydrogen-bond acceptors (Lipinski definition) is 2. The van der Waals surface area contributed by atoms with Crippen LogP contribution in [0.3, 0.4) is 0 Å². The van der Waals surface area contributed by atoms with Crippen LogP contribution in [0.5, 0.6) is 0 Å². The molecule has 3 N–H and O–H groups in total. The summed E-state index contributed by atoms with van der Waals surface area (Å²) < 4.78 is 38.8. The van der Waals surface area contributed by atoms with Crippen LogP contribution in [0, 0.1) is 13.8 Å². The lowest BCUT2D eigenvalue weighted by molar-refractivity contribution is -0.137. The summed E-state index contributed by atoms with van der Waals surface area (Å²) in [7, 11) is 0. The van der Waals surface area contributed by atoms with Crippen LogP contribution in [0.25, 0.3) is 0 Å². The number of alkyl halides is 3. The van der Waals surface area contributed by atoms with Crippen molar-refractivity contribution in [2.24, 2.45) is 0 Å². The average molecular weight is 403 g/mol. The standard InChI is InChI=1S/C21H20F3N3O2/c1-11-7-8-16(12(2)9-11)18-17(13(3)25-20(29)27-18)19(28)26-15-6-4-5-14(10-15)21(22,23)24/h4-10,18H,1-3H3,(H,26,28)(H2,25,27,29)/t18-/m1/s1. The summed E-state index contributed by atoms with van der Waals surface area (Å²) in [5, 5.41) is 7.79. The second-order valence-electron chi connectivity index (χ2n) is 6.96. The highest BCUT2D eigenvalue weighted by atomic mass is 19.4. The number of carbonyl (C=O) groups is 2. The van der Waals surface area contributed by atoms with E-state index in [4.69, 9.17) is 0 Å². The van der Waals surface area contributed by atoms with Crippen molar-refractivity contribution in [2.75, 3.05) is 5.32 Å². The fourth-order valence-corrected chi connectivity index (χ4v) is 3.35. The van der Waals surface area contributed by atoms with E-state index in [0.717, 1.165) is 28.8 Å². The maximum atomic E-state index is 13.0. The van der Waals surface area contributed by atoms with E-state index in [2.05, 4.69) is 16.0 Å². The Morgan fingerprint density at radius 2 is 1.79 bits per heavy atom. The van der Waals surface area contributed by atoms with Crippen LogP contribution >= 0.6 is 0 Å². The minimum absolute atomic E-state index is 0.0152. The van der Waals surface area contributed by atoms with Crippen LogP contribution in [0.1, 0.15) is 35.2 Å². The van der Waals surface area contributed by atoms with Gasteiger partial charge >= 0.3 is 12.2 Å². The van der Waals surface area contributed by atoms with Crippen LogP contribution in [-0.2, 0) is 11.0 Å². The molecule has 0 spiro atoms. The molecular formula is C21H20F3N3O2. The first-order valence-corrected chi connectivity index (χ1v) is 8.90. The Hall–Kier alpha value is -3.29. The molecule has 0 saturated heterocycles. The third-order valence-corrected chi connectivity index (χ3v) is 4.70. The van der Waals surface area contributed by atoms with Crippen molar-refractivity contribution >= 4 is 17.6 Å². The normalized spacial score (nSPS) is 16.9. The molecule has 1 atom stereocenters. The van der Waals surface area contributed by atoms with Crippen molar-refractivity contribution in [1.29, 1.82) is 0 Å². The van der Waals surface area contributed by atoms with E-state index < -0.39 is 29.7 Å². The molecule has 152 valence electrons. The third kappa shape index (κ3) is 4.42. The first-order valence-electron chi connectivity index (χ1n) is 8.90. The lowest BCUT2D eigenvalue weighted by atomic mass is 9.91. The van der Waals surface area contributed by atoms with Gasteiger partial charge in [-0.25, -0.2) is 4.79 Å². The lowest BCUT2D eigenvalue weighted by Crippen LogP contribution is -2.46. The highest BCUT2D eigenvalue weighted by Crippen LogP contribution is 2.32. The Morgan fingerprint density at radius 3 is 2.45 bits per heavy atom. The maximum absolute atomic E-state index is 13.0. The number of carbonyl (C=O) groups excluding carboxylic acids is 2. The molecule has 0 bridgehead atoms. The zero-order chi connectivity index (χ0) is 21.3. The number of hydrogen-bond donors (Lipinski definition) is 3. The maximum Gasteiger partial charge on any atom is 0.416 e. The molecule has 0 aliphatic carbocycles. The van der Waals surface area contributed by atoms with Gasteiger partial charge in [0.05, 0.1) is 17.2 Å². The van der Waals surface area contributed by atoms with Crippen LogP contribution in [-0.4, -0.2) is 11.9 Å². The summed E-state index contributed by atoms with van der Waals surface area (Å²) in [6, 6.07) is 8.85. The molecule has 2 aromatic rings. The molecule has 29 heavy (non-hydrogen) atoms. The Kier molecular flexibility index (Phi) is 5.37. The summed E-state index contributed by atoms with van der Waals surface area (Å²) in [5.74, 6) is -0.598. The van der Waals surface area contributed by atoms with E-state index in [1.54, 1.807) is 6.92 Å². The molecule has 0 unspecified atom stereocenters. The lowest BCUT2D eigenvalue weighted by Gasteiger charge is -2.29. The number of anilines is 1. The molecule has 3 amide bonds.